The average molecular weight is 329 g/mol. The van der Waals surface area contributed by atoms with Gasteiger partial charge in [-0.25, -0.2) is 9.18 Å². The van der Waals surface area contributed by atoms with Crippen LogP contribution in [0, 0.1) is 5.82 Å². The third-order valence-corrected chi connectivity index (χ3v) is 3.36. The highest BCUT2D eigenvalue weighted by atomic mass is 19.1. The van der Waals surface area contributed by atoms with E-state index in [0.29, 0.717) is 11.3 Å². The fourth-order valence-corrected chi connectivity index (χ4v) is 2.20. The average Bonchev–Trinajstić information content (AvgIpc) is 3.14. The summed E-state index contributed by atoms with van der Waals surface area (Å²) in [5.41, 5.74) is 0.975. The fourth-order valence-electron chi connectivity index (χ4n) is 2.20. The van der Waals surface area contributed by atoms with Crippen LogP contribution in [0.1, 0.15) is 20.8 Å². The minimum absolute atomic E-state index is 0.0890. The van der Waals surface area contributed by atoms with Gasteiger partial charge in [-0.3, -0.25) is 14.6 Å². The number of aromatic amines is 1. The summed E-state index contributed by atoms with van der Waals surface area (Å²) in [7, 11) is 1.47. The Kier molecular flexibility index (Phi) is 3.82. The number of H-pyrrole nitrogens is 1. The summed E-state index contributed by atoms with van der Waals surface area (Å²) in [4.78, 5) is 23.4. The number of nitrogens with one attached hydrogen (secondary N) is 2. The molecule has 1 amide bonds. The van der Waals surface area contributed by atoms with Crippen molar-refractivity contribution in [3.63, 3.8) is 0 Å². The Hall–Kier alpha value is -3.49. The number of benzene rings is 1. The molecule has 3 N–H and O–H groups in total. The van der Waals surface area contributed by atoms with Crippen molar-refractivity contribution in [2.45, 2.75) is 0 Å². The molecule has 0 fully saturated rings. The number of carboxylic acids is 1. The van der Waals surface area contributed by atoms with Crippen molar-refractivity contribution in [3.05, 3.63) is 53.6 Å². The zero-order chi connectivity index (χ0) is 17.3. The lowest BCUT2D eigenvalue weighted by Gasteiger charge is -2.03. The minimum Gasteiger partial charge on any atom is -0.478 e. The molecule has 3 rings (SSSR count). The van der Waals surface area contributed by atoms with Gasteiger partial charge in [0.2, 0.25) is 0 Å². The van der Waals surface area contributed by atoms with E-state index < -0.39 is 11.9 Å². The highest BCUT2D eigenvalue weighted by Gasteiger charge is 2.22. The first-order valence-electron chi connectivity index (χ1n) is 6.83. The number of aromatic nitrogens is 4. The summed E-state index contributed by atoms with van der Waals surface area (Å²) < 4.78 is 14.1. The fraction of sp³-hybridized carbons (Fsp3) is 0.0667. The van der Waals surface area contributed by atoms with Crippen molar-refractivity contribution in [1.29, 1.82) is 0 Å². The van der Waals surface area contributed by atoms with Crippen molar-refractivity contribution in [3.8, 4) is 11.3 Å². The number of hydrogen-bond donors (Lipinski definition) is 3. The molecule has 2 heterocycles. The molecule has 0 saturated heterocycles. The maximum Gasteiger partial charge on any atom is 0.339 e. The number of nitrogens with zero attached hydrogens (tertiary/aromatic N) is 3. The van der Waals surface area contributed by atoms with E-state index in [4.69, 9.17) is 5.11 Å². The van der Waals surface area contributed by atoms with Crippen LogP contribution >= 0.6 is 0 Å². The number of aromatic carboxylic acids is 1. The van der Waals surface area contributed by atoms with E-state index in [1.165, 1.54) is 23.9 Å². The van der Waals surface area contributed by atoms with Crippen LogP contribution in [0.3, 0.4) is 0 Å². The molecule has 8 nitrogen and oxygen atoms in total. The molecule has 0 unspecified atom stereocenters. The second kappa shape index (κ2) is 5.95. The predicted octanol–water partition coefficient (Wildman–Crippen LogP) is 1.90. The highest BCUT2D eigenvalue weighted by Crippen LogP contribution is 2.20. The van der Waals surface area contributed by atoms with Gasteiger partial charge in [0.1, 0.15) is 17.1 Å². The van der Waals surface area contributed by atoms with E-state index in [9.17, 15) is 14.0 Å². The third-order valence-electron chi connectivity index (χ3n) is 3.36. The van der Waals surface area contributed by atoms with Gasteiger partial charge in [0, 0.05) is 13.1 Å². The van der Waals surface area contributed by atoms with E-state index in [1.807, 2.05) is 0 Å². The Labute approximate surface area is 134 Å². The number of carbonyl (C=O) groups excluding carboxylic acids is 1. The largest absolute Gasteiger partial charge is 0.478 e. The van der Waals surface area contributed by atoms with E-state index in [1.54, 1.807) is 18.2 Å². The molecule has 0 aliphatic carbocycles. The van der Waals surface area contributed by atoms with Gasteiger partial charge < -0.3 is 10.4 Å². The summed E-state index contributed by atoms with van der Waals surface area (Å²) in [5, 5.41) is 22.0. The smallest absolute Gasteiger partial charge is 0.339 e. The van der Waals surface area contributed by atoms with Crippen LogP contribution in [0.2, 0.25) is 0 Å². The molecule has 0 spiro atoms. The summed E-state index contributed by atoms with van der Waals surface area (Å²) in [5.74, 6) is -2.05. The number of carboxylic acid groups (broad SMARTS) is 1. The molecule has 0 saturated carbocycles. The van der Waals surface area contributed by atoms with Gasteiger partial charge in [-0.2, -0.15) is 10.2 Å². The Balaban J connectivity index is 1.82. The third kappa shape index (κ3) is 2.86. The van der Waals surface area contributed by atoms with Crippen LogP contribution in [0.25, 0.3) is 11.3 Å². The number of carbonyl (C=O) groups is 2. The van der Waals surface area contributed by atoms with Crippen LogP contribution in [-0.4, -0.2) is 37.0 Å². The van der Waals surface area contributed by atoms with Crippen molar-refractivity contribution in [2.24, 2.45) is 7.05 Å². The van der Waals surface area contributed by atoms with Crippen molar-refractivity contribution in [2.75, 3.05) is 5.32 Å². The van der Waals surface area contributed by atoms with Crippen LogP contribution in [0.5, 0.6) is 0 Å². The predicted molar refractivity (Wildman–Crippen MR) is 82.1 cm³/mol. The van der Waals surface area contributed by atoms with Gasteiger partial charge in [-0.1, -0.05) is 0 Å². The normalized spacial score (nSPS) is 10.6. The number of halogens is 1. The molecule has 2 aromatic heterocycles. The molecular formula is C15H12FN5O3. The monoisotopic (exact) mass is 329 g/mol. The quantitative estimate of drug-likeness (QED) is 0.676. The maximum absolute atomic E-state index is 12.9. The number of amides is 1. The molecule has 0 radical (unpaired) electrons. The molecule has 3 aromatic rings. The summed E-state index contributed by atoms with van der Waals surface area (Å²) in [6.07, 6.45) is 1.10. The van der Waals surface area contributed by atoms with Gasteiger partial charge >= 0.3 is 5.97 Å². The van der Waals surface area contributed by atoms with E-state index in [-0.39, 0.29) is 22.9 Å². The molecule has 9 heteroatoms. The Morgan fingerprint density at radius 1 is 1.29 bits per heavy atom. The van der Waals surface area contributed by atoms with Crippen LogP contribution < -0.4 is 5.32 Å². The summed E-state index contributed by atoms with van der Waals surface area (Å²) in [6, 6.07) is 7.31. The van der Waals surface area contributed by atoms with Crippen molar-refractivity contribution < 1.29 is 19.1 Å². The molecule has 1 aromatic carbocycles. The lowest BCUT2D eigenvalue weighted by atomic mass is 10.1. The van der Waals surface area contributed by atoms with Crippen LogP contribution in [-0.2, 0) is 7.05 Å². The first-order valence-corrected chi connectivity index (χ1v) is 6.83. The van der Waals surface area contributed by atoms with Crippen LogP contribution in [0.4, 0.5) is 10.2 Å². The van der Waals surface area contributed by atoms with Gasteiger partial charge in [-0.15, -0.1) is 0 Å². The van der Waals surface area contributed by atoms with Gasteiger partial charge in [0.05, 0.1) is 11.9 Å². The Morgan fingerprint density at radius 2 is 2.00 bits per heavy atom. The Bertz CT molecular complexity index is 914. The first-order chi connectivity index (χ1) is 11.5. The van der Waals surface area contributed by atoms with Gasteiger partial charge in [-0.05, 0) is 29.8 Å². The first kappa shape index (κ1) is 15.4. The van der Waals surface area contributed by atoms with E-state index in [2.05, 4.69) is 20.6 Å². The van der Waals surface area contributed by atoms with Crippen LogP contribution in [0.15, 0.2) is 36.5 Å². The lowest BCUT2D eigenvalue weighted by Crippen LogP contribution is -2.19. The second-order valence-corrected chi connectivity index (χ2v) is 4.96. The van der Waals surface area contributed by atoms with E-state index >= 15 is 0 Å². The zero-order valence-corrected chi connectivity index (χ0v) is 12.4. The number of anilines is 1. The molecule has 0 aliphatic heterocycles. The Morgan fingerprint density at radius 3 is 2.67 bits per heavy atom. The molecule has 0 atom stereocenters. The zero-order valence-electron chi connectivity index (χ0n) is 12.4. The standard InChI is InChI=1S/C15H12FN5O3/c1-21-13(10(7-17-21)15(23)24)14(22)18-12-6-11(19-20-12)8-2-4-9(16)5-3-8/h2-7H,1H3,(H,23,24)(H2,18,19,20,22). The molecule has 0 aliphatic rings. The number of rotatable bonds is 4. The van der Waals surface area contributed by atoms with Gasteiger partial charge in [0.25, 0.3) is 5.91 Å². The van der Waals surface area contributed by atoms with Crippen molar-refractivity contribution >= 4 is 17.7 Å². The minimum atomic E-state index is -1.25. The number of aryl methyl sites for hydroxylation is 1. The second-order valence-electron chi connectivity index (χ2n) is 4.96. The SMILES string of the molecule is Cn1ncc(C(=O)O)c1C(=O)Nc1cc(-c2ccc(F)cc2)[nH]n1. The highest BCUT2D eigenvalue weighted by molar-refractivity contribution is 6.09. The molecule has 0 bridgehead atoms. The molecular weight excluding hydrogens is 317 g/mol. The maximum atomic E-state index is 12.9. The van der Waals surface area contributed by atoms with Gasteiger partial charge in [0.15, 0.2) is 5.82 Å². The lowest BCUT2D eigenvalue weighted by molar-refractivity contribution is 0.0692. The molecule has 24 heavy (non-hydrogen) atoms. The number of hydrogen-bond acceptors (Lipinski definition) is 4. The topological polar surface area (TPSA) is 113 Å². The van der Waals surface area contributed by atoms with Crippen molar-refractivity contribution in [1.82, 2.24) is 20.0 Å². The summed E-state index contributed by atoms with van der Waals surface area (Å²) in [6.45, 7) is 0. The molecule has 122 valence electrons. The van der Waals surface area contributed by atoms with E-state index in [0.717, 1.165) is 6.20 Å². The summed E-state index contributed by atoms with van der Waals surface area (Å²) >= 11 is 0.